The first kappa shape index (κ1) is 20.5. The van der Waals surface area contributed by atoms with Crippen LogP contribution in [-0.2, 0) is 16.1 Å². The highest BCUT2D eigenvalue weighted by molar-refractivity contribution is 8.18. The summed E-state index contributed by atoms with van der Waals surface area (Å²) in [6.45, 7) is -0.224. The van der Waals surface area contributed by atoms with Gasteiger partial charge in [0.15, 0.2) is 0 Å². The highest BCUT2D eigenvalue weighted by Gasteiger charge is 2.34. The van der Waals surface area contributed by atoms with Gasteiger partial charge in [0.2, 0.25) is 5.91 Å². The minimum absolute atomic E-state index is 0.0286. The molecule has 0 spiro atoms. The summed E-state index contributed by atoms with van der Waals surface area (Å²) >= 11 is 0.863. The lowest BCUT2D eigenvalue weighted by molar-refractivity contribution is -0.124. The smallest absolute Gasteiger partial charge is 0.293 e. The zero-order valence-corrected chi connectivity index (χ0v) is 17.0. The fourth-order valence-electron chi connectivity index (χ4n) is 3.02. The summed E-state index contributed by atoms with van der Waals surface area (Å²) in [4.78, 5) is 50.7. The number of imide groups is 1. The van der Waals surface area contributed by atoms with Crippen LogP contribution in [0.25, 0.3) is 17.0 Å². The van der Waals surface area contributed by atoms with Crippen LogP contribution in [0.2, 0.25) is 0 Å². The van der Waals surface area contributed by atoms with E-state index in [2.05, 4.69) is 15.6 Å². The predicted octanol–water partition coefficient (Wildman–Crippen LogP) is 1.64. The number of benzene rings is 2. The molecule has 1 N–H and O–H groups in total. The lowest BCUT2D eigenvalue weighted by atomic mass is 10.2. The normalized spacial score (nSPS) is 15.1. The van der Waals surface area contributed by atoms with Gasteiger partial charge >= 0.3 is 0 Å². The zero-order chi connectivity index (χ0) is 21.8. The second kappa shape index (κ2) is 8.92. The Morgan fingerprint density at radius 2 is 1.77 bits per heavy atom. The summed E-state index contributed by atoms with van der Waals surface area (Å²) < 4.78 is 0.973. The molecule has 0 bridgehead atoms. The zero-order valence-electron chi connectivity index (χ0n) is 16.2. The number of fused-ring (bicyclic) bond motifs is 1. The highest BCUT2D eigenvalue weighted by Crippen LogP contribution is 2.31. The van der Waals surface area contributed by atoms with Crippen molar-refractivity contribution in [3.05, 3.63) is 75.4 Å². The Morgan fingerprint density at radius 3 is 2.58 bits per heavy atom. The second-order valence-electron chi connectivity index (χ2n) is 6.66. The van der Waals surface area contributed by atoms with Crippen molar-refractivity contribution in [2.75, 3.05) is 13.1 Å². The molecule has 0 radical (unpaired) electrons. The molecule has 0 aliphatic carbocycles. The van der Waals surface area contributed by atoms with Gasteiger partial charge < -0.3 is 5.32 Å². The summed E-state index contributed by atoms with van der Waals surface area (Å²) in [7, 11) is 0. The molecule has 9 nitrogen and oxygen atoms in total. The van der Waals surface area contributed by atoms with Crippen molar-refractivity contribution in [2.45, 2.75) is 6.54 Å². The molecular formula is C21H17N5O4S. The number of carbonyl (C=O) groups is 3. The summed E-state index contributed by atoms with van der Waals surface area (Å²) in [6, 6.07) is 16.0. The Kier molecular flexibility index (Phi) is 5.89. The summed E-state index contributed by atoms with van der Waals surface area (Å²) in [5.41, 5.74) is 0.855. The molecule has 0 atom stereocenters. The largest absolute Gasteiger partial charge is 0.353 e. The molecule has 1 aromatic heterocycles. The minimum Gasteiger partial charge on any atom is -0.353 e. The van der Waals surface area contributed by atoms with E-state index in [1.54, 1.807) is 30.3 Å². The van der Waals surface area contributed by atoms with Crippen LogP contribution in [0, 0.1) is 0 Å². The van der Waals surface area contributed by atoms with Gasteiger partial charge in [-0.3, -0.25) is 24.1 Å². The maximum absolute atomic E-state index is 12.5. The van der Waals surface area contributed by atoms with Crippen LogP contribution in [0.1, 0.15) is 5.56 Å². The predicted molar refractivity (Wildman–Crippen MR) is 116 cm³/mol. The molecule has 4 rings (SSSR count). The number of thioether (sulfide) groups is 1. The van der Waals surface area contributed by atoms with E-state index >= 15 is 0 Å². The third kappa shape index (κ3) is 4.53. The van der Waals surface area contributed by atoms with E-state index < -0.39 is 22.6 Å². The Hall–Kier alpha value is -3.79. The van der Waals surface area contributed by atoms with Crippen LogP contribution >= 0.6 is 11.8 Å². The number of nitrogens with one attached hydrogen (secondary N) is 1. The monoisotopic (exact) mass is 435 g/mol. The molecule has 0 unspecified atom stereocenters. The molecule has 3 amide bonds. The van der Waals surface area contributed by atoms with Gasteiger partial charge in [-0.15, -0.1) is 5.10 Å². The molecule has 1 aliphatic rings. The van der Waals surface area contributed by atoms with E-state index in [-0.39, 0.29) is 19.6 Å². The van der Waals surface area contributed by atoms with Crippen molar-refractivity contribution in [2.24, 2.45) is 0 Å². The van der Waals surface area contributed by atoms with Crippen molar-refractivity contribution in [1.82, 2.24) is 25.2 Å². The van der Waals surface area contributed by atoms with Crippen LogP contribution in [0.5, 0.6) is 0 Å². The molecule has 2 aromatic carbocycles. The first-order valence-corrected chi connectivity index (χ1v) is 10.2. The van der Waals surface area contributed by atoms with Gasteiger partial charge in [0.05, 0.1) is 10.3 Å². The number of carbonyl (C=O) groups excluding carboxylic acids is 3. The standard InChI is InChI=1S/C21H17N5O4S/c27-18(13-26-19(28)15-8-4-5-9-16(15)23-24-26)22-10-11-25-20(29)17(31-21(25)30)12-14-6-2-1-3-7-14/h1-9,12H,10-11,13H2,(H,22,27)/b17-12-. The van der Waals surface area contributed by atoms with E-state index in [0.717, 1.165) is 26.9 Å². The Labute approximate surface area is 180 Å². The van der Waals surface area contributed by atoms with Crippen molar-refractivity contribution < 1.29 is 14.4 Å². The van der Waals surface area contributed by atoms with Crippen LogP contribution in [0.4, 0.5) is 4.79 Å². The van der Waals surface area contributed by atoms with E-state index in [0.29, 0.717) is 15.8 Å². The van der Waals surface area contributed by atoms with Crippen LogP contribution in [0.15, 0.2) is 64.3 Å². The molecule has 156 valence electrons. The molecule has 2 heterocycles. The van der Waals surface area contributed by atoms with Crippen LogP contribution < -0.4 is 10.9 Å². The molecule has 1 aliphatic heterocycles. The molecule has 10 heteroatoms. The highest BCUT2D eigenvalue weighted by atomic mass is 32.2. The van der Waals surface area contributed by atoms with E-state index in [4.69, 9.17) is 0 Å². The number of hydrogen-bond acceptors (Lipinski definition) is 7. The van der Waals surface area contributed by atoms with Crippen LogP contribution in [-0.4, -0.2) is 50.0 Å². The minimum atomic E-state index is -0.474. The number of rotatable bonds is 6. The van der Waals surface area contributed by atoms with Gasteiger partial charge in [-0.2, -0.15) is 0 Å². The molecule has 1 fully saturated rings. The second-order valence-corrected chi connectivity index (χ2v) is 7.66. The molecule has 3 aromatic rings. The third-order valence-corrected chi connectivity index (χ3v) is 5.46. The van der Waals surface area contributed by atoms with Gasteiger partial charge in [-0.1, -0.05) is 47.7 Å². The molecule has 0 saturated carbocycles. The van der Waals surface area contributed by atoms with Gasteiger partial charge in [0.25, 0.3) is 16.7 Å². The third-order valence-electron chi connectivity index (χ3n) is 4.55. The first-order chi connectivity index (χ1) is 15.0. The summed E-state index contributed by atoms with van der Waals surface area (Å²) in [5.74, 6) is -0.872. The van der Waals surface area contributed by atoms with E-state index in [9.17, 15) is 19.2 Å². The Balaban J connectivity index is 1.34. The van der Waals surface area contributed by atoms with Crippen LogP contribution in [0.3, 0.4) is 0 Å². The number of aromatic nitrogens is 3. The van der Waals surface area contributed by atoms with Crippen molar-refractivity contribution >= 4 is 45.8 Å². The van der Waals surface area contributed by atoms with E-state index in [1.165, 1.54) is 0 Å². The fraction of sp³-hybridized carbons (Fsp3) is 0.143. The van der Waals surface area contributed by atoms with Gasteiger partial charge in [0, 0.05) is 13.1 Å². The summed E-state index contributed by atoms with van der Waals surface area (Å²) in [5, 5.41) is 10.3. The molecular weight excluding hydrogens is 418 g/mol. The average Bonchev–Trinajstić information content (AvgIpc) is 3.04. The lowest BCUT2D eigenvalue weighted by Gasteiger charge is -2.13. The van der Waals surface area contributed by atoms with Gasteiger partial charge in [-0.25, -0.2) is 4.68 Å². The quantitative estimate of drug-likeness (QED) is 0.586. The van der Waals surface area contributed by atoms with Gasteiger partial charge in [0.1, 0.15) is 12.1 Å². The average molecular weight is 435 g/mol. The van der Waals surface area contributed by atoms with Gasteiger partial charge in [-0.05, 0) is 35.5 Å². The number of amides is 3. The maximum Gasteiger partial charge on any atom is 0.293 e. The van der Waals surface area contributed by atoms with Crippen molar-refractivity contribution in [1.29, 1.82) is 0 Å². The Morgan fingerprint density at radius 1 is 1.03 bits per heavy atom. The molecule has 1 saturated heterocycles. The maximum atomic E-state index is 12.5. The first-order valence-electron chi connectivity index (χ1n) is 9.42. The number of hydrogen-bond donors (Lipinski definition) is 1. The SMILES string of the molecule is O=C(Cn1nnc2ccccc2c1=O)NCCN1C(=O)S/C(=C\c2ccccc2)C1=O. The Bertz CT molecular complexity index is 1260. The topological polar surface area (TPSA) is 114 Å². The number of nitrogens with zero attached hydrogens (tertiary/aromatic N) is 4. The fourth-order valence-corrected chi connectivity index (χ4v) is 3.88. The van der Waals surface area contributed by atoms with Crippen molar-refractivity contribution in [3.8, 4) is 0 Å². The van der Waals surface area contributed by atoms with Crippen molar-refractivity contribution in [3.63, 3.8) is 0 Å². The summed E-state index contributed by atoms with van der Waals surface area (Å²) in [6.07, 6.45) is 1.66. The van der Waals surface area contributed by atoms with E-state index in [1.807, 2.05) is 30.3 Å². The lowest BCUT2D eigenvalue weighted by Crippen LogP contribution is -2.40. The molecule has 31 heavy (non-hydrogen) atoms.